The first-order chi connectivity index (χ1) is 4.42. The molecule has 0 aliphatic carbocycles. The average Bonchev–Trinajstić information content (AvgIpc) is 1.59. The maximum atomic E-state index is 10.0. The quantitative estimate of drug-likeness (QED) is 0.304. The minimum absolute atomic E-state index is 0. The fourth-order valence-corrected chi connectivity index (χ4v) is 1.14. The summed E-state index contributed by atoms with van der Waals surface area (Å²) in [5, 5.41) is 0. The van der Waals surface area contributed by atoms with Crippen LogP contribution in [-0.2, 0) is 10.1 Å². The van der Waals surface area contributed by atoms with Crippen molar-refractivity contribution >= 4 is 27.2 Å². The third kappa shape index (κ3) is 14.5. The summed E-state index contributed by atoms with van der Waals surface area (Å²) >= 11 is 4.69. The van der Waals surface area contributed by atoms with Gasteiger partial charge in [0.15, 0.2) is 0 Å². The Balaban J connectivity index is 0. The first-order valence-corrected chi connectivity index (χ1v) is 4.83. The molecule has 0 unspecified atom stereocenters. The Labute approximate surface area is 115 Å². The van der Waals surface area contributed by atoms with Gasteiger partial charge < -0.3 is 4.55 Å². The summed E-state index contributed by atoms with van der Waals surface area (Å²) in [6.45, 7) is 1.73. The Hall–Kier alpha value is 1.64. The molecular weight excluding hydrogens is 211 g/mol. The summed E-state index contributed by atoms with van der Waals surface area (Å²) < 4.78 is 30.0. The largest absolute Gasteiger partial charge is 1.00 e. The second-order valence-corrected chi connectivity index (χ2v) is 4.29. The number of hydrogen-bond donors (Lipinski definition) is 0. The van der Waals surface area contributed by atoms with Gasteiger partial charge in [-0.05, 0) is 24.6 Å². The number of hydrogen-bond acceptors (Lipinski definition) is 4. The molecule has 0 spiro atoms. The maximum absolute atomic E-state index is 10.0. The molecule has 0 fully saturated rings. The molecule has 3 nitrogen and oxygen atoms in total. The Morgan fingerprint density at radius 1 is 1.55 bits per heavy atom. The number of thiocarbonyl (C=S) groups is 1. The van der Waals surface area contributed by atoms with Crippen LogP contribution in [0.4, 0.5) is 0 Å². The predicted octanol–water partition coefficient (Wildman–Crippen LogP) is -2.29. The van der Waals surface area contributed by atoms with Crippen LogP contribution in [0.3, 0.4) is 0 Å². The zero-order valence-electron chi connectivity index (χ0n) is 6.66. The van der Waals surface area contributed by atoms with Crippen molar-refractivity contribution in [2.75, 3.05) is 5.75 Å². The Morgan fingerprint density at radius 3 is 2.27 bits per heavy atom. The molecule has 0 N–H and O–H groups in total. The second-order valence-electron chi connectivity index (χ2n) is 2.07. The van der Waals surface area contributed by atoms with E-state index in [1.54, 1.807) is 6.92 Å². The van der Waals surface area contributed by atoms with E-state index in [2.05, 4.69) is 12.2 Å². The molecule has 0 amide bonds. The first kappa shape index (κ1) is 15.1. The van der Waals surface area contributed by atoms with Crippen LogP contribution in [0.15, 0.2) is 0 Å². The summed E-state index contributed by atoms with van der Waals surface area (Å²) in [5.74, 6) is -0.305. The van der Waals surface area contributed by atoms with Crippen molar-refractivity contribution in [3.63, 3.8) is 0 Å². The van der Waals surface area contributed by atoms with Gasteiger partial charge in [0, 0.05) is 5.75 Å². The SMILES string of the molecule is CC(=S)CCCS(=O)(=O)[O-].[K+]. The molecule has 0 bridgehead atoms. The summed E-state index contributed by atoms with van der Waals surface area (Å²) in [5.41, 5.74) is 0. The summed E-state index contributed by atoms with van der Waals surface area (Å²) in [6, 6.07) is 0. The van der Waals surface area contributed by atoms with Crippen LogP contribution in [0, 0.1) is 0 Å². The van der Waals surface area contributed by atoms with Crippen LogP contribution in [0.2, 0.25) is 0 Å². The molecule has 0 aliphatic rings. The summed E-state index contributed by atoms with van der Waals surface area (Å²) in [6.07, 6.45) is 0.887. The first-order valence-electron chi connectivity index (χ1n) is 2.85. The van der Waals surface area contributed by atoms with Crippen molar-refractivity contribution in [1.29, 1.82) is 0 Å². The molecule has 0 aromatic rings. The monoisotopic (exact) mass is 220 g/mol. The van der Waals surface area contributed by atoms with E-state index >= 15 is 0 Å². The van der Waals surface area contributed by atoms with Gasteiger partial charge in [-0.25, -0.2) is 8.42 Å². The van der Waals surface area contributed by atoms with Gasteiger partial charge in [-0.15, -0.1) is 0 Å². The molecular formula is C5H9KO3S2. The van der Waals surface area contributed by atoms with Gasteiger partial charge in [-0.3, -0.25) is 0 Å². The Bertz CT molecular complexity index is 210. The molecule has 60 valence electrons. The smallest absolute Gasteiger partial charge is 0.748 e. The number of rotatable bonds is 4. The van der Waals surface area contributed by atoms with Gasteiger partial charge in [0.2, 0.25) is 0 Å². The van der Waals surface area contributed by atoms with E-state index in [0.29, 0.717) is 12.8 Å². The summed E-state index contributed by atoms with van der Waals surface area (Å²) in [4.78, 5) is 0.739. The maximum Gasteiger partial charge on any atom is 1.00 e. The molecule has 0 rings (SSSR count). The third-order valence-corrected chi connectivity index (χ3v) is 1.92. The fourth-order valence-electron chi connectivity index (χ4n) is 0.498. The van der Waals surface area contributed by atoms with Crippen molar-refractivity contribution < 1.29 is 64.4 Å². The van der Waals surface area contributed by atoms with Crippen molar-refractivity contribution in [3.8, 4) is 0 Å². The normalized spacial score (nSPS) is 10.4. The average molecular weight is 220 g/mol. The zero-order valence-corrected chi connectivity index (χ0v) is 11.4. The van der Waals surface area contributed by atoms with E-state index in [1.165, 1.54) is 0 Å². The molecule has 0 saturated carbocycles. The molecule has 0 saturated heterocycles. The van der Waals surface area contributed by atoms with E-state index in [4.69, 9.17) is 0 Å². The second kappa shape index (κ2) is 7.08. The minimum atomic E-state index is -4.03. The van der Waals surface area contributed by atoms with Crippen LogP contribution in [0.25, 0.3) is 0 Å². The standard InChI is InChI=1S/C5H10O3S2.K/c1-5(9)3-2-4-10(6,7)8;/h2-4H2,1H3,(H,6,7,8);/q;+1/p-1. The molecule has 0 aromatic heterocycles. The van der Waals surface area contributed by atoms with Crippen molar-refractivity contribution in [3.05, 3.63) is 0 Å². The van der Waals surface area contributed by atoms with Gasteiger partial charge in [-0.1, -0.05) is 12.2 Å². The van der Waals surface area contributed by atoms with E-state index in [0.717, 1.165) is 4.86 Å². The van der Waals surface area contributed by atoms with E-state index in [-0.39, 0.29) is 57.1 Å². The molecule has 11 heavy (non-hydrogen) atoms. The van der Waals surface area contributed by atoms with Crippen molar-refractivity contribution in [2.24, 2.45) is 0 Å². The van der Waals surface area contributed by atoms with Gasteiger partial charge in [-0.2, -0.15) is 0 Å². The summed E-state index contributed by atoms with van der Waals surface area (Å²) in [7, 11) is -4.03. The van der Waals surface area contributed by atoms with Gasteiger partial charge in [0.1, 0.15) is 0 Å². The van der Waals surface area contributed by atoms with Crippen molar-refractivity contribution in [2.45, 2.75) is 19.8 Å². The van der Waals surface area contributed by atoms with Crippen LogP contribution < -0.4 is 51.4 Å². The molecule has 0 aliphatic heterocycles. The van der Waals surface area contributed by atoms with Gasteiger partial charge in [0.25, 0.3) is 0 Å². The van der Waals surface area contributed by atoms with Crippen LogP contribution in [0.5, 0.6) is 0 Å². The van der Waals surface area contributed by atoms with Crippen molar-refractivity contribution in [1.82, 2.24) is 0 Å². The minimum Gasteiger partial charge on any atom is -0.748 e. The molecule has 6 heteroatoms. The fraction of sp³-hybridized carbons (Fsp3) is 0.800. The third-order valence-electron chi connectivity index (χ3n) is 0.923. The van der Waals surface area contributed by atoms with Gasteiger partial charge >= 0.3 is 51.4 Å². The van der Waals surface area contributed by atoms with Crippen LogP contribution in [0.1, 0.15) is 19.8 Å². The van der Waals surface area contributed by atoms with E-state index in [9.17, 15) is 13.0 Å². The van der Waals surface area contributed by atoms with Crippen LogP contribution >= 0.6 is 12.2 Å². The Kier molecular flexibility index (Phi) is 9.73. The van der Waals surface area contributed by atoms with E-state index in [1.807, 2.05) is 0 Å². The molecule has 0 heterocycles. The topological polar surface area (TPSA) is 57.2 Å². The van der Waals surface area contributed by atoms with Crippen LogP contribution in [-0.4, -0.2) is 23.6 Å². The predicted molar refractivity (Wildman–Crippen MR) is 42.1 cm³/mol. The zero-order chi connectivity index (χ0) is 8.20. The molecule has 0 radical (unpaired) electrons. The molecule has 0 aromatic carbocycles. The van der Waals surface area contributed by atoms with E-state index < -0.39 is 10.1 Å². The Morgan fingerprint density at radius 2 is 2.00 bits per heavy atom. The molecule has 0 atom stereocenters. The van der Waals surface area contributed by atoms with Gasteiger partial charge in [0.05, 0.1) is 10.1 Å².